The van der Waals surface area contributed by atoms with E-state index < -0.39 is 12.0 Å². The maximum Gasteiger partial charge on any atom is 0.326 e. The Bertz CT molecular complexity index is 460. The first-order chi connectivity index (χ1) is 8.63. The molecule has 2 heterocycles. The predicted octanol–water partition coefficient (Wildman–Crippen LogP) is 0.333. The third-order valence-corrected chi connectivity index (χ3v) is 3.84. The number of carboxylic acids is 1. The van der Waals surface area contributed by atoms with Crippen LogP contribution in [0.1, 0.15) is 28.3 Å². The van der Waals surface area contributed by atoms with E-state index >= 15 is 0 Å². The summed E-state index contributed by atoms with van der Waals surface area (Å²) in [5.74, 6) is -1.24. The van der Waals surface area contributed by atoms with Gasteiger partial charge in [0.05, 0.1) is 5.01 Å². The number of hydrogen-bond acceptors (Lipinski definition) is 5. The molecule has 2 rings (SSSR count). The highest BCUT2D eigenvalue weighted by Crippen LogP contribution is 2.21. The zero-order chi connectivity index (χ0) is 13.1. The lowest BCUT2D eigenvalue weighted by Gasteiger charge is -2.20. The number of thiazole rings is 1. The maximum absolute atomic E-state index is 12.2. The molecule has 1 amide bonds. The van der Waals surface area contributed by atoms with Crippen LogP contribution in [0.4, 0.5) is 0 Å². The number of likely N-dealkylation sites (tertiary alicyclic amines) is 1. The largest absolute Gasteiger partial charge is 0.480 e. The second kappa shape index (κ2) is 5.45. The molecule has 0 aliphatic carbocycles. The van der Waals surface area contributed by atoms with Crippen molar-refractivity contribution in [3.8, 4) is 0 Å². The van der Waals surface area contributed by atoms with Gasteiger partial charge in [0.2, 0.25) is 0 Å². The molecule has 3 N–H and O–H groups in total. The predicted molar refractivity (Wildman–Crippen MR) is 66.6 cm³/mol. The van der Waals surface area contributed by atoms with Crippen molar-refractivity contribution in [2.45, 2.75) is 25.3 Å². The van der Waals surface area contributed by atoms with Crippen molar-refractivity contribution in [2.75, 3.05) is 13.1 Å². The van der Waals surface area contributed by atoms with Crippen molar-refractivity contribution in [1.82, 2.24) is 9.88 Å². The molecule has 1 aliphatic rings. The Morgan fingerprint density at radius 3 is 3.06 bits per heavy atom. The van der Waals surface area contributed by atoms with E-state index in [1.54, 1.807) is 5.38 Å². The molecule has 0 bridgehead atoms. The molecule has 0 saturated carbocycles. The summed E-state index contributed by atoms with van der Waals surface area (Å²) in [6.07, 6.45) is 1.88. The van der Waals surface area contributed by atoms with E-state index in [0.717, 1.165) is 11.4 Å². The van der Waals surface area contributed by atoms with E-state index in [4.69, 9.17) is 10.8 Å². The number of carbonyl (C=O) groups is 2. The molecular weight excluding hydrogens is 254 g/mol. The number of carboxylic acid groups (broad SMARTS) is 1. The molecule has 0 unspecified atom stereocenters. The molecule has 1 atom stereocenters. The number of aromatic nitrogens is 1. The minimum atomic E-state index is -0.946. The van der Waals surface area contributed by atoms with Gasteiger partial charge in [0.25, 0.3) is 5.91 Å². The third-order valence-electron chi connectivity index (χ3n) is 2.93. The fraction of sp³-hybridized carbons (Fsp3) is 0.545. The summed E-state index contributed by atoms with van der Waals surface area (Å²) in [7, 11) is 0. The SMILES string of the molecule is NCCc1nc(C(=O)N2CCC[C@H]2C(=O)O)cs1. The molecule has 1 aromatic heterocycles. The summed E-state index contributed by atoms with van der Waals surface area (Å²) in [4.78, 5) is 28.8. The van der Waals surface area contributed by atoms with Crippen molar-refractivity contribution in [3.05, 3.63) is 16.1 Å². The minimum Gasteiger partial charge on any atom is -0.480 e. The number of rotatable bonds is 4. The molecule has 1 aliphatic heterocycles. The molecule has 1 fully saturated rings. The number of nitrogens with two attached hydrogens (primary N) is 1. The summed E-state index contributed by atoms with van der Waals surface area (Å²) >= 11 is 1.38. The van der Waals surface area contributed by atoms with Gasteiger partial charge in [-0.2, -0.15) is 0 Å². The summed E-state index contributed by atoms with van der Waals surface area (Å²) in [5, 5.41) is 11.5. The molecule has 98 valence electrons. The van der Waals surface area contributed by atoms with Crippen LogP contribution < -0.4 is 5.73 Å². The first-order valence-corrected chi connectivity index (χ1v) is 6.69. The van der Waals surface area contributed by atoms with Crippen molar-refractivity contribution in [3.63, 3.8) is 0 Å². The fourth-order valence-electron chi connectivity index (χ4n) is 2.06. The molecule has 0 spiro atoms. The Morgan fingerprint density at radius 2 is 2.39 bits per heavy atom. The Hall–Kier alpha value is -1.47. The molecule has 0 radical (unpaired) electrons. The van der Waals surface area contributed by atoms with Crippen LogP contribution >= 0.6 is 11.3 Å². The lowest BCUT2D eigenvalue weighted by molar-refractivity contribution is -0.141. The van der Waals surface area contributed by atoms with Crippen LogP contribution in [0.25, 0.3) is 0 Å². The average molecular weight is 269 g/mol. The van der Waals surface area contributed by atoms with Crippen LogP contribution in [0.3, 0.4) is 0 Å². The quantitative estimate of drug-likeness (QED) is 0.821. The molecule has 7 heteroatoms. The van der Waals surface area contributed by atoms with Gasteiger partial charge in [-0.05, 0) is 19.4 Å². The highest BCUT2D eigenvalue weighted by atomic mass is 32.1. The van der Waals surface area contributed by atoms with E-state index in [9.17, 15) is 9.59 Å². The lowest BCUT2D eigenvalue weighted by atomic mass is 10.2. The second-order valence-electron chi connectivity index (χ2n) is 4.16. The van der Waals surface area contributed by atoms with Gasteiger partial charge < -0.3 is 15.7 Å². The van der Waals surface area contributed by atoms with E-state index in [1.165, 1.54) is 16.2 Å². The topological polar surface area (TPSA) is 96.5 Å². The number of nitrogens with zero attached hydrogens (tertiary/aromatic N) is 2. The van der Waals surface area contributed by atoms with Gasteiger partial charge in [-0.15, -0.1) is 11.3 Å². The van der Waals surface area contributed by atoms with Crippen LogP contribution in [0, 0.1) is 0 Å². The Kier molecular flexibility index (Phi) is 3.93. The van der Waals surface area contributed by atoms with Gasteiger partial charge in [-0.1, -0.05) is 0 Å². The summed E-state index contributed by atoms with van der Waals surface area (Å²) in [6, 6.07) is -0.711. The van der Waals surface area contributed by atoms with Gasteiger partial charge in [0.15, 0.2) is 0 Å². The molecule has 0 aromatic carbocycles. The molecular formula is C11H15N3O3S. The van der Waals surface area contributed by atoms with Crippen molar-refractivity contribution < 1.29 is 14.7 Å². The van der Waals surface area contributed by atoms with Gasteiger partial charge in [-0.3, -0.25) is 4.79 Å². The number of amides is 1. The zero-order valence-corrected chi connectivity index (χ0v) is 10.7. The summed E-state index contributed by atoms with van der Waals surface area (Å²) in [6.45, 7) is 0.974. The first-order valence-electron chi connectivity index (χ1n) is 5.81. The summed E-state index contributed by atoms with van der Waals surface area (Å²) in [5.41, 5.74) is 5.75. The highest BCUT2D eigenvalue weighted by molar-refractivity contribution is 7.09. The molecule has 1 saturated heterocycles. The Balaban J connectivity index is 2.12. The van der Waals surface area contributed by atoms with Crippen molar-refractivity contribution in [2.24, 2.45) is 5.73 Å². The number of hydrogen-bond donors (Lipinski definition) is 2. The van der Waals surface area contributed by atoms with E-state index in [1.807, 2.05) is 0 Å². The lowest BCUT2D eigenvalue weighted by Crippen LogP contribution is -2.40. The van der Waals surface area contributed by atoms with Gasteiger partial charge >= 0.3 is 5.97 Å². The second-order valence-corrected chi connectivity index (χ2v) is 5.10. The highest BCUT2D eigenvalue weighted by Gasteiger charge is 2.35. The molecule has 1 aromatic rings. The van der Waals surface area contributed by atoms with Crippen LogP contribution in [-0.4, -0.2) is 46.0 Å². The normalized spacial score (nSPS) is 19.2. The number of aliphatic carboxylic acids is 1. The molecule has 6 nitrogen and oxygen atoms in total. The van der Waals surface area contributed by atoms with Crippen LogP contribution in [0.15, 0.2) is 5.38 Å². The van der Waals surface area contributed by atoms with Gasteiger partial charge in [0.1, 0.15) is 11.7 Å². The zero-order valence-electron chi connectivity index (χ0n) is 9.83. The smallest absolute Gasteiger partial charge is 0.326 e. The fourth-order valence-corrected chi connectivity index (χ4v) is 2.85. The van der Waals surface area contributed by atoms with Crippen LogP contribution in [-0.2, 0) is 11.2 Å². The van der Waals surface area contributed by atoms with E-state index in [2.05, 4.69) is 4.98 Å². The van der Waals surface area contributed by atoms with Crippen molar-refractivity contribution in [1.29, 1.82) is 0 Å². The third kappa shape index (κ3) is 2.51. The van der Waals surface area contributed by atoms with E-state index in [0.29, 0.717) is 31.6 Å². The monoisotopic (exact) mass is 269 g/mol. The van der Waals surface area contributed by atoms with E-state index in [-0.39, 0.29) is 5.91 Å². The van der Waals surface area contributed by atoms with Gasteiger partial charge in [0, 0.05) is 18.3 Å². The first kappa shape index (κ1) is 13.0. The molecule has 18 heavy (non-hydrogen) atoms. The van der Waals surface area contributed by atoms with Crippen molar-refractivity contribution >= 4 is 23.2 Å². The minimum absolute atomic E-state index is 0.292. The van der Waals surface area contributed by atoms with Crippen LogP contribution in [0.2, 0.25) is 0 Å². The Morgan fingerprint density at radius 1 is 1.61 bits per heavy atom. The van der Waals surface area contributed by atoms with Crippen LogP contribution in [0.5, 0.6) is 0 Å². The Labute approximate surface area is 108 Å². The number of carbonyl (C=O) groups excluding carboxylic acids is 1. The average Bonchev–Trinajstić information content (AvgIpc) is 2.96. The standard InChI is InChI=1S/C11H15N3O3S/c12-4-3-9-13-7(6-18-9)10(15)14-5-1-2-8(14)11(16)17/h6,8H,1-5,12H2,(H,16,17)/t8-/m0/s1. The summed E-state index contributed by atoms with van der Waals surface area (Å²) < 4.78 is 0. The maximum atomic E-state index is 12.2. The van der Waals surface area contributed by atoms with Gasteiger partial charge in [-0.25, -0.2) is 9.78 Å².